The predicted octanol–water partition coefficient (Wildman–Crippen LogP) is 1.64. The Morgan fingerprint density at radius 1 is 1.25 bits per heavy atom. The summed E-state index contributed by atoms with van der Waals surface area (Å²) < 4.78 is 5.45. The molecule has 1 heterocycles. The second-order valence-electron chi connectivity index (χ2n) is 5.81. The van der Waals surface area contributed by atoms with Crippen LogP contribution in [0.2, 0.25) is 0 Å². The van der Waals surface area contributed by atoms with Gasteiger partial charge >= 0.3 is 0 Å². The molecule has 0 aromatic heterocycles. The summed E-state index contributed by atoms with van der Waals surface area (Å²) in [7, 11) is 3.90. The molecule has 1 atom stereocenters. The second-order valence-corrected chi connectivity index (χ2v) is 5.81. The predicted molar refractivity (Wildman–Crippen MR) is 83.2 cm³/mol. The second kappa shape index (κ2) is 7.07. The lowest BCUT2D eigenvalue weighted by atomic mass is 10.0. The molecule has 1 aliphatic rings. The molecule has 1 aromatic rings. The largest absolute Gasteiger partial charge is 0.496 e. The normalized spacial score (nSPS) is 19.6. The van der Waals surface area contributed by atoms with Gasteiger partial charge in [-0.25, -0.2) is 0 Å². The molecule has 112 valence electrons. The highest BCUT2D eigenvalue weighted by atomic mass is 16.5. The number of aryl methyl sites for hydroxylation is 1. The summed E-state index contributed by atoms with van der Waals surface area (Å²) in [4.78, 5) is 4.86. The van der Waals surface area contributed by atoms with Crippen LogP contribution in [0.15, 0.2) is 18.2 Å². The Bertz CT molecular complexity index is 436. The number of rotatable bonds is 4. The molecule has 0 spiro atoms. The Morgan fingerprint density at radius 3 is 2.80 bits per heavy atom. The van der Waals surface area contributed by atoms with Gasteiger partial charge < -0.3 is 20.3 Å². The Balaban J connectivity index is 2.03. The van der Waals surface area contributed by atoms with E-state index in [9.17, 15) is 0 Å². The monoisotopic (exact) mass is 277 g/mol. The van der Waals surface area contributed by atoms with E-state index in [4.69, 9.17) is 10.5 Å². The zero-order valence-electron chi connectivity index (χ0n) is 12.9. The summed E-state index contributed by atoms with van der Waals surface area (Å²) in [6.07, 6.45) is 1.22. The summed E-state index contributed by atoms with van der Waals surface area (Å²) >= 11 is 0. The summed E-state index contributed by atoms with van der Waals surface area (Å²) in [5.74, 6) is 0.898. The Labute approximate surface area is 122 Å². The van der Waals surface area contributed by atoms with Gasteiger partial charge in [-0.2, -0.15) is 0 Å². The van der Waals surface area contributed by atoms with Crippen LogP contribution >= 0.6 is 0 Å². The zero-order chi connectivity index (χ0) is 14.5. The van der Waals surface area contributed by atoms with Crippen molar-refractivity contribution in [2.75, 3.05) is 46.9 Å². The highest BCUT2D eigenvalue weighted by molar-refractivity contribution is 5.39. The van der Waals surface area contributed by atoms with Crippen LogP contribution in [0.1, 0.15) is 23.6 Å². The highest BCUT2D eigenvalue weighted by Gasteiger charge is 2.18. The van der Waals surface area contributed by atoms with E-state index < -0.39 is 0 Å². The molecule has 1 fully saturated rings. The topological polar surface area (TPSA) is 41.7 Å². The third-order valence-electron chi connectivity index (χ3n) is 4.05. The van der Waals surface area contributed by atoms with Gasteiger partial charge in [-0.3, -0.25) is 0 Å². The molecule has 20 heavy (non-hydrogen) atoms. The summed E-state index contributed by atoms with van der Waals surface area (Å²) in [6, 6.07) is 6.23. The quantitative estimate of drug-likeness (QED) is 0.908. The van der Waals surface area contributed by atoms with Gasteiger partial charge in [-0.15, -0.1) is 0 Å². The first-order chi connectivity index (χ1) is 9.60. The minimum Gasteiger partial charge on any atom is -0.496 e. The lowest BCUT2D eigenvalue weighted by molar-refractivity contribution is 0.260. The molecule has 0 radical (unpaired) electrons. The van der Waals surface area contributed by atoms with Crippen LogP contribution in [0.3, 0.4) is 0 Å². The van der Waals surface area contributed by atoms with Gasteiger partial charge in [0.05, 0.1) is 7.11 Å². The van der Waals surface area contributed by atoms with Gasteiger partial charge in [0.2, 0.25) is 0 Å². The number of hydrogen-bond acceptors (Lipinski definition) is 4. The van der Waals surface area contributed by atoms with Gasteiger partial charge in [0.15, 0.2) is 0 Å². The third kappa shape index (κ3) is 3.95. The van der Waals surface area contributed by atoms with Crippen LogP contribution in [-0.4, -0.2) is 56.7 Å². The van der Waals surface area contributed by atoms with E-state index in [-0.39, 0.29) is 6.04 Å². The van der Waals surface area contributed by atoms with Gasteiger partial charge in [0.1, 0.15) is 5.75 Å². The van der Waals surface area contributed by atoms with E-state index in [1.165, 1.54) is 18.5 Å². The molecule has 0 amide bonds. The Kier molecular flexibility index (Phi) is 5.40. The molecule has 4 nitrogen and oxygen atoms in total. The molecular formula is C16H27N3O. The molecular weight excluding hydrogens is 250 g/mol. The van der Waals surface area contributed by atoms with Crippen molar-refractivity contribution < 1.29 is 4.74 Å². The van der Waals surface area contributed by atoms with Gasteiger partial charge in [0.25, 0.3) is 0 Å². The molecule has 1 saturated heterocycles. The average molecular weight is 277 g/mol. The lowest BCUT2D eigenvalue weighted by Gasteiger charge is -2.25. The Morgan fingerprint density at radius 2 is 2.05 bits per heavy atom. The van der Waals surface area contributed by atoms with E-state index in [1.807, 2.05) is 6.07 Å². The standard InChI is InChI=1S/C16H27N3O/c1-13-5-6-16(20-3)14(11-13)15(17)12-19-8-4-7-18(2)9-10-19/h5-6,11,15H,4,7-10,12,17H2,1-3H3. The fourth-order valence-electron chi connectivity index (χ4n) is 2.80. The fraction of sp³-hybridized carbons (Fsp3) is 0.625. The van der Waals surface area contributed by atoms with E-state index in [2.05, 4.69) is 35.9 Å². The van der Waals surface area contributed by atoms with Crippen molar-refractivity contribution in [1.82, 2.24) is 9.80 Å². The van der Waals surface area contributed by atoms with Crippen molar-refractivity contribution in [2.24, 2.45) is 5.73 Å². The number of benzene rings is 1. The number of methoxy groups -OCH3 is 1. The van der Waals surface area contributed by atoms with Crippen LogP contribution in [0.4, 0.5) is 0 Å². The smallest absolute Gasteiger partial charge is 0.123 e. The van der Waals surface area contributed by atoms with E-state index >= 15 is 0 Å². The third-order valence-corrected chi connectivity index (χ3v) is 4.05. The van der Waals surface area contributed by atoms with Crippen molar-refractivity contribution in [1.29, 1.82) is 0 Å². The number of nitrogens with zero attached hydrogens (tertiary/aromatic N) is 2. The van der Waals surface area contributed by atoms with E-state index in [0.29, 0.717) is 0 Å². The van der Waals surface area contributed by atoms with E-state index in [0.717, 1.165) is 37.5 Å². The molecule has 0 aliphatic carbocycles. The van der Waals surface area contributed by atoms with Crippen molar-refractivity contribution in [3.8, 4) is 5.75 Å². The number of nitrogens with two attached hydrogens (primary N) is 1. The maximum atomic E-state index is 6.42. The molecule has 1 aromatic carbocycles. The molecule has 1 unspecified atom stereocenters. The van der Waals surface area contributed by atoms with Gasteiger partial charge in [-0.1, -0.05) is 17.7 Å². The van der Waals surface area contributed by atoms with Crippen LogP contribution in [-0.2, 0) is 0 Å². The Hall–Kier alpha value is -1.10. The molecule has 2 rings (SSSR count). The van der Waals surface area contributed by atoms with Crippen LogP contribution in [0, 0.1) is 6.92 Å². The van der Waals surface area contributed by atoms with Crippen molar-refractivity contribution in [3.63, 3.8) is 0 Å². The maximum Gasteiger partial charge on any atom is 0.123 e. The molecule has 0 saturated carbocycles. The number of ether oxygens (including phenoxy) is 1. The first-order valence-corrected chi connectivity index (χ1v) is 7.41. The maximum absolute atomic E-state index is 6.42. The lowest BCUT2D eigenvalue weighted by Crippen LogP contribution is -2.35. The average Bonchev–Trinajstić information content (AvgIpc) is 2.63. The number of hydrogen-bond donors (Lipinski definition) is 1. The molecule has 2 N–H and O–H groups in total. The molecule has 0 bridgehead atoms. The first-order valence-electron chi connectivity index (χ1n) is 7.41. The van der Waals surface area contributed by atoms with Crippen molar-refractivity contribution in [2.45, 2.75) is 19.4 Å². The highest BCUT2D eigenvalue weighted by Crippen LogP contribution is 2.25. The van der Waals surface area contributed by atoms with Gasteiger partial charge in [0, 0.05) is 31.2 Å². The minimum atomic E-state index is 0.00764. The first kappa shape index (κ1) is 15.3. The molecule has 4 heteroatoms. The number of likely N-dealkylation sites (N-methyl/N-ethyl adjacent to an activating group) is 1. The van der Waals surface area contributed by atoms with Crippen molar-refractivity contribution in [3.05, 3.63) is 29.3 Å². The van der Waals surface area contributed by atoms with Gasteiger partial charge in [-0.05, 0) is 39.5 Å². The summed E-state index contributed by atoms with van der Waals surface area (Å²) in [6.45, 7) is 7.52. The minimum absolute atomic E-state index is 0.00764. The zero-order valence-corrected chi connectivity index (χ0v) is 12.9. The SMILES string of the molecule is COc1ccc(C)cc1C(N)CN1CCCN(C)CC1. The fourth-order valence-corrected chi connectivity index (χ4v) is 2.80. The molecule has 1 aliphatic heterocycles. The van der Waals surface area contributed by atoms with Crippen LogP contribution in [0.25, 0.3) is 0 Å². The van der Waals surface area contributed by atoms with E-state index in [1.54, 1.807) is 7.11 Å². The van der Waals surface area contributed by atoms with Crippen LogP contribution in [0.5, 0.6) is 5.75 Å². The summed E-state index contributed by atoms with van der Waals surface area (Å²) in [5, 5.41) is 0. The van der Waals surface area contributed by atoms with Crippen molar-refractivity contribution >= 4 is 0 Å². The summed E-state index contributed by atoms with van der Waals surface area (Å²) in [5.41, 5.74) is 8.77. The van der Waals surface area contributed by atoms with Crippen LogP contribution < -0.4 is 10.5 Å².